The Balaban J connectivity index is 1.26. The van der Waals surface area contributed by atoms with Gasteiger partial charge < -0.3 is 14.4 Å². The molecule has 1 aromatic carbocycles. The van der Waals surface area contributed by atoms with Crippen molar-refractivity contribution >= 4 is 17.0 Å². The molecule has 1 saturated heterocycles. The number of amides is 1. The van der Waals surface area contributed by atoms with Gasteiger partial charge in [-0.25, -0.2) is 4.98 Å². The van der Waals surface area contributed by atoms with E-state index in [9.17, 15) is 9.90 Å². The first-order chi connectivity index (χ1) is 13.2. The van der Waals surface area contributed by atoms with E-state index in [-0.39, 0.29) is 18.4 Å². The topological polar surface area (TPSA) is 84.4 Å². The molecule has 0 bridgehead atoms. The van der Waals surface area contributed by atoms with Gasteiger partial charge in [0.15, 0.2) is 5.58 Å². The maximum atomic E-state index is 12.8. The van der Waals surface area contributed by atoms with Crippen molar-refractivity contribution in [3.63, 3.8) is 0 Å². The number of fused-ring (bicyclic) bond motifs is 2. The Morgan fingerprint density at radius 2 is 2.00 bits per heavy atom. The third kappa shape index (κ3) is 3.02. The number of hydrogen-bond acceptors (Lipinski definition) is 5. The zero-order valence-electron chi connectivity index (χ0n) is 14.9. The van der Waals surface area contributed by atoms with E-state index in [1.165, 1.54) is 0 Å². The number of para-hydroxylation sites is 2. The third-order valence-electron chi connectivity index (χ3n) is 5.97. The van der Waals surface area contributed by atoms with Crippen LogP contribution in [0.3, 0.4) is 0 Å². The second kappa shape index (κ2) is 6.49. The molecule has 0 unspecified atom stereocenters. The molecule has 1 aliphatic heterocycles. The number of aliphatic hydroxyl groups is 1. The molecule has 7 nitrogen and oxygen atoms in total. The Bertz CT molecular complexity index is 918. The molecule has 2 aliphatic rings. The van der Waals surface area contributed by atoms with Crippen molar-refractivity contribution in [1.29, 1.82) is 0 Å². The van der Waals surface area contributed by atoms with Gasteiger partial charge in [0.1, 0.15) is 11.9 Å². The second-order valence-corrected chi connectivity index (χ2v) is 7.66. The SMILES string of the molecule is O=C(Cc1nc2ccccc2o1)N1C[C@H]2C[C@@H](n3cccn3)[C@H](O)C[C@H]2C1. The number of oxazole rings is 1. The normalized spacial score (nSPS) is 27.8. The molecule has 1 saturated carbocycles. The van der Waals surface area contributed by atoms with Crippen molar-refractivity contribution in [2.45, 2.75) is 31.4 Å². The summed E-state index contributed by atoms with van der Waals surface area (Å²) in [4.78, 5) is 19.1. The second-order valence-electron chi connectivity index (χ2n) is 7.66. The van der Waals surface area contributed by atoms with Crippen LogP contribution in [-0.4, -0.2) is 49.9 Å². The first-order valence-corrected chi connectivity index (χ1v) is 9.47. The highest BCUT2D eigenvalue weighted by atomic mass is 16.3. The Kier molecular flexibility index (Phi) is 3.97. The minimum atomic E-state index is -0.418. The molecule has 27 heavy (non-hydrogen) atoms. The number of aliphatic hydroxyl groups excluding tert-OH is 1. The summed E-state index contributed by atoms with van der Waals surface area (Å²) in [7, 11) is 0. The number of benzene rings is 1. The minimum Gasteiger partial charge on any atom is -0.440 e. The van der Waals surface area contributed by atoms with Crippen LogP contribution in [0.1, 0.15) is 24.8 Å². The first kappa shape index (κ1) is 16.5. The first-order valence-electron chi connectivity index (χ1n) is 9.47. The summed E-state index contributed by atoms with van der Waals surface area (Å²) in [6.07, 6.45) is 4.96. The van der Waals surface area contributed by atoms with Gasteiger partial charge in [0, 0.05) is 25.5 Å². The fraction of sp³-hybridized carbons (Fsp3) is 0.450. The van der Waals surface area contributed by atoms with Crippen molar-refractivity contribution in [1.82, 2.24) is 19.7 Å². The zero-order valence-corrected chi connectivity index (χ0v) is 14.9. The number of likely N-dealkylation sites (tertiary alicyclic amines) is 1. The fourth-order valence-electron chi connectivity index (χ4n) is 4.61. The Morgan fingerprint density at radius 1 is 1.19 bits per heavy atom. The van der Waals surface area contributed by atoms with E-state index >= 15 is 0 Å². The van der Waals surface area contributed by atoms with Crippen LogP contribution in [-0.2, 0) is 11.2 Å². The van der Waals surface area contributed by atoms with Crippen molar-refractivity contribution in [3.8, 4) is 0 Å². The monoisotopic (exact) mass is 366 g/mol. The third-order valence-corrected chi connectivity index (χ3v) is 5.97. The molecule has 3 heterocycles. The highest BCUT2D eigenvalue weighted by Gasteiger charge is 2.43. The molecule has 5 rings (SSSR count). The molecule has 2 fully saturated rings. The molecule has 140 valence electrons. The van der Waals surface area contributed by atoms with Gasteiger partial charge in [0.2, 0.25) is 11.8 Å². The fourth-order valence-corrected chi connectivity index (χ4v) is 4.61. The summed E-state index contributed by atoms with van der Waals surface area (Å²) >= 11 is 0. The van der Waals surface area contributed by atoms with E-state index in [1.807, 2.05) is 46.1 Å². The highest BCUT2D eigenvalue weighted by Crippen LogP contribution is 2.41. The summed E-state index contributed by atoms with van der Waals surface area (Å²) in [6.45, 7) is 1.43. The molecule has 4 atom stereocenters. The highest BCUT2D eigenvalue weighted by molar-refractivity contribution is 5.79. The lowest BCUT2D eigenvalue weighted by molar-refractivity contribution is -0.130. The molecule has 0 spiro atoms. The number of carbonyl (C=O) groups is 1. The molecule has 7 heteroatoms. The van der Waals surface area contributed by atoms with Crippen molar-refractivity contribution in [2.24, 2.45) is 11.8 Å². The van der Waals surface area contributed by atoms with Crippen molar-refractivity contribution < 1.29 is 14.3 Å². The summed E-state index contributed by atoms with van der Waals surface area (Å²) < 4.78 is 7.54. The van der Waals surface area contributed by atoms with Crippen LogP contribution in [0.5, 0.6) is 0 Å². The summed E-state index contributed by atoms with van der Waals surface area (Å²) in [5.74, 6) is 1.25. The predicted molar refractivity (Wildman–Crippen MR) is 97.8 cm³/mol. The molecule has 2 aromatic heterocycles. The van der Waals surface area contributed by atoms with Gasteiger partial charge in [-0.05, 0) is 42.9 Å². The lowest BCUT2D eigenvalue weighted by Crippen LogP contribution is -2.36. The number of aromatic nitrogens is 3. The zero-order chi connectivity index (χ0) is 18.4. The summed E-state index contributed by atoms with van der Waals surface area (Å²) in [5, 5.41) is 14.8. The van der Waals surface area contributed by atoms with E-state index in [4.69, 9.17) is 4.42 Å². The van der Waals surface area contributed by atoms with E-state index in [2.05, 4.69) is 10.1 Å². The van der Waals surface area contributed by atoms with Gasteiger partial charge in [-0.3, -0.25) is 9.48 Å². The Morgan fingerprint density at radius 3 is 2.78 bits per heavy atom. The number of carbonyl (C=O) groups excluding carboxylic acids is 1. The predicted octanol–water partition coefficient (Wildman–Crippen LogP) is 2.04. The molecule has 1 aliphatic carbocycles. The van der Waals surface area contributed by atoms with Gasteiger partial charge in [0.25, 0.3) is 0 Å². The average molecular weight is 366 g/mol. The lowest BCUT2D eigenvalue weighted by Gasteiger charge is -2.35. The van der Waals surface area contributed by atoms with Gasteiger partial charge >= 0.3 is 0 Å². The summed E-state index contributed by atoms with van der Waals surface area (Å²) in [6, 6.07) is 9.41. The molecule has 1 amide bonds. The summed E-state index contributed by atoms with van der Waals surface area (Å²) in [5.41, 5.74) is 1.49. The Labute approximate surface area is 156 Å². The van der Waals surface area contributed by atoms with Crippen molar-refractivity contribution in [3.05, 3.63) is 48.6 Å². The van der Waals surface area contributed by atoms with E-state index in [1.54, 1.807) is 6.20 Å². The molecular weight excluding hydrogens is 344 g/mol. The number of rotatable bonds is 3. The van der Waals surface area contributed by atoms with Crippen LogP contribution in [0, 0.1) is 11.8 Å². The number of hydrogen-bond donors (Lipinski definition) is 1. The van der Waals surface area contributed by atoms with Crippen LogP contribution < -0.4 is 0 Å². The molecular formula is C20H22N4O3. The molecule has 1 N–H and O–H groups in total. The maximum Gasteiger partial charge on any atom is 0.231 e. The van der Waals surface area contributed by atoms with Gasteiger partial charge in [-0.15, -0.1) is 0 Å². The smallest absolute Gasteiger partial charge is 0.231 e. The molecule has 0 radical (unpaired) electrons. The number of nitrogens with zero attached hydrogens (tertiary/aromatic N) is 4. The van der Waals surface area contributed by atoms with E-state index in [0.29, 0.717) is 36.3 Å². The van der Waals surface area contributed by atoms with Crippen LogP contribution in [0.2, 0.25) is 0 Å². The van der Waals surface area contributed by atoms with Crippen molar-refractivity contribution in [2.75, 3.05) is 13.1 Å². The Hall–Kier alpha value is -2.67. The maximum absolute atomic E-state index is 12.8. The average Bonchev–Trinajstić information content (AvgIpc) is 3.39. The van der Waals surface area contributed by atoms with Gasteiger partial charge in [-0.2, -0.15) is 5.10 Å². The van der Waals surface area contributed by atoms with Crippen LogP contribution in [0.15, 0.2) is 47.1 Å². The van der Waals surface area contributed by atoms with Gasteiger partial charge in [0.05, 0.1) is 12.1 Å². The quantitative estimate of drug-likeness (QED) is 0.767. The van der Waals surface area contributed by atoms with E-state index in [0.717, 1.165) is 18.5 Å². The lowest BCUT2D eigenvalue weighted by atomic mass is 9.77. The van der Waals surface area contributed by atoms with Crippen LogP contribution in [0.4, 0.5) is 0 Å². The largest absolute Gasteiger partial charge is 0.440 e. The van der Waals surface area contributed by atoms with E-state index < -0.39 is 6.10 Å². The van der Waals surface area contributed by atoms with Crippen LogP contribution >= 0.6 is 0 Å². The standard InChI is InChI=1S/C20H22N4O3/c25-17-9-14-12-23(11-13(14)8-16(17)24-7-3-6-21-24)20(26)10-19-22-15-4-1-2-5-18(15)27-19/h1-7,13-14,16-17,25H,8-12H2/t13-,14+,16-,17-/m1/s1. The van der Waals surface area contributed by atoms with Crippen LogP contribution in [0.25, 0.3) is 11.1 Å². The minimum absolute atomic E-state index is 0.00617. The van der Waals surface area contributed by atoms with Gasteiger partial charge in [-0.1, -0.05) is 12.1 Å². The molecule has 3 aromatic rings.